The third-order valence-corrected chi connectivity index (χ3v) is 6.29. The molecule has 0 N–H and O–H groups in total. The highest BCUT2D eigenvalue weighted by Gasteiger charge is 2.31. The minimum absolute atomic E-state index is 0.0422. The van der Waals surface area contributed by atoms with E-state index in [1.807, 2.05) is 11.0 Å². The number of halogens is 1. The molecule has 5 rings (SSSR count). The van der Waals surface area contributed by atoms with Gasteiger partial charge in [0.1, 0.15) is 5.82 Å². The summed E-state index contributed by atoms with van der Waals surface area (Å²) in [7, 11) is 0. The summed E-state index contributed by atoms with van der Waals surface area (Å²) in [4.78, 5) is 32.4. The normalized spacial score (nSPS) is 17.9. The van der Waals surface area contributed by atoms with E-state index >= 15 is 0 Å². The van der Waals surface area contributed by atoms with Gasteiger partial charge in [0, 0.05) is 74.9 Å². The molecule has 0 spiro atoms. The Kier molecular flexibility index (Phi) is 5.36. The Bertz CT molecular complexity index is 1060. The van der Waals surface area contributed by atoms with Crippen molar-refractivity contribution < 1.29 is 9.18 Å². The number of carbonyl (C=O) groups is 1. The summed E-state index contributed by atoms with van der Waals surface area (Å²) >= 11 is 0. The van der Waals surface area contributed by atoms with E-state index in [0.717, 1.165) is 61.6 Å². The van der Waals surface area contributed by atoms with Crippen LogP contribution in [0.15, 0.2) is 48.9 Å². The number of benzene rings is 1. The summed E-state index contributed by atoms with van der Waals surface area (Å²) in [6.07, 6.45) is 6.87. The van der Waals surface area contributed by atoms with Crippen molar-refractivity contribution in [1.82, 2.24) is 19.9 Å². The van der Waals surface area contributed by atoms with Gasteiger partial charge in [-0.1, -0.05) is 0 Å². The lowest BCUT2D eigenvalue weighted by atomic mass is 9.94. The van der Waals surface area contributed by atoms with Gasteiger partial charge in [-0.3, -0.25) is 9.78 Å². The lowest BCUT2D eigenvalue weighted by molar-refractivity contribution is -0.136. The fraction of sp³-hybridized carbons (Fsp3) is 0.391. The standard InChI is InChI=1S/C23H25FN6O/c24-18-2-3-20-19(16-18)21(4-9-25-20)28-10-5-17(6-11-28)22(31)29-12-14-30(15-13-29)23-26-7-1-8-27-23/h1-4,7-9,16-17H,5-6,10-15H2. The number of pyridine rings is 1. The smallest absolute Gasteiger partial charge is 0.225 e. The Hall–Kier alpha value is -3.29. The molecule has 2 saturated heterocycles. The average molecular weight is 420 g/mol. The van der Waals surface area contributed by atoms with Crippen LogP contribution in [0.3, 0.4) is 0 Å². The highest BCUT2D eigenvalue weighted by atomic mass is 19.1. The van der Waals surface area contributed by atoms with Gasteiger partial charge < -0.3 is 14.7 Å². The fourth-order valence-corrected chi connectivity index (χ4v) is 4.59. The van der Waals surface area contributed by atoms with Crippen molar-refractivity contribution in [3.05, 3.63) is 54.7 Å². The molecule has 8 heteroatoms. The van der Waals surface area contributed by atoms with Crippen molar-refractivity contribution in [3.63, 3.8) is 0 Å². The molecule has 0 saturated carbocycles. The van der Waals surface area contributed by atoms with Gasteiger partial charge in [-0.05, 0) is 43.2 Å². The first-order valence-corrected chi connectivity index (χ1v) is 10.8. The van der Waals surface area contributed by atoms with Crippen LogP contribution in [0.2, 0.25) is 0 Å². The minimum Gasteiger partial charge on any atom is -0.371 e. The number of rotatable bonds is 3. The Morgan fingerprint density at radius 1 is 0.871 bits per heavy atom. The number of anilines is 2. The molecule has 31 heavy (non-hydrogen) atoms. The Morgan fingerprint density at radius 3 is 2.35 bits per heavy atom. The summed E-state index contributed by atoms with van der Waals surface area (Å²) in [5, 5.41) is 0.825. The molecule has 0 atom stereocenters. The monoisotopic (exact) mass is 420 g/mol. The highest BCUT2D eigenvalue weighted by Crippen LogP contribution is 2.30. The van der Waals surface area contributed by atoms with Crippen molar-refractivity contribution in [2.45, 2.75) is 12.8 Å². The Labute approximate surface area is 180 Å². The number of aromatic nitrogens is 3. The third kappa shape index (κ3) is 4.02. The molecule has 1 amide bonds. The maximum absolute atomic E-state index is 13.8. The maximum Gasteiger partial charge on any atom is 0.225 e. The van der Waals surface area contributed by atoms with Crippen molar-refractivity contribution in [1.29, 1.82) is 0 Å². The van der Waals surface area contributed by atoms with Crippen molar-refractivity contribution >= 4 is 28.4 Å². The first-order chi connectivity index (χ1) is 15.2. The van der Waals surface area contributed by atoms with Gasteiger partial charge in [-0.15, -0.1) is 0 Å². The van der Waals surface area contributed by atoms with Gasteiger partial charge in [0.2, 0.25) is 11.9 Å². The van der Waals surface area contributed by atoms with Gasteiger partial charge in [-0.2, -0.15) is 0 Å². The molecule has 0 aliphatic carbocycles. The molecule has 2 aliphatic rings. The number of nitrogens with zero attached hydrogens (tertiary/aromatic N) is 6. The average Bonchev–Trinajstić information content (AvgIpc) is 2.84. The van der Waals surface area contributed by atoms with Crippen LogP contribution in [0.4, 0.5) is 16.0 Å². The van der Waals surface area contributed by atoms with Gasteiger partial charge in [-0.25, -0.2) is 14.4 Å². The number of piperazine rings is 1. The lowest BCUT2D eigenvalue weighted by Crippen LogP contribution is -2.52. The quantitative estimate of drug-likeness (QED) is 0.649. The summed E-state index contributed by atoms with van der Waals surface area (Å²) in [5.41, 5.74) is 1.78. The second kappa shape index (κ2) is 8.45. The summed E-state index contributed by atoms with van der Waals surface area (Å²) in [6.45, 7) is 4.47. The molecule has 2 aromatic heterocycles. The number of carbonyl (C=O) groups excluding carboxylic acids is 1. The van der Waals surface area contributed by atoms with Crippen molar-refractivity contribution in [2.75, 3.05) is 49.1 Å². The maximum atomic E-state index is 13.8. The van der Waals surface area contributed by atoms with E-state index in [2.05, 4.69) is 24.8 Å². The SMILES string of the molecule is O=C(C1CCN(c2ccnc3ccc(F)cc23)CC1)N1CCN(c2ncccn2)CC1. The molecule has 0 unspecified atom stereocenters. The van der Waals surface area contributed by atoms with E-state index in [9.17, 15) is 9.18 Å². The summed E-state index contributed by atoms with van der Waals surface area (Å²) in [5.74, 6) is 0.760. The molecule has 0 bridgehead atoms. The third-order valence-electron chi connectivity index (χ3n) is 6.29. The minimum atomic E-state index is -0.258. The first kappa shape index (κ1) is 19.7. The second-order valence-electron chi connectivity index (χ2n) is 8.11. The van der Waals surface area contributed by atoms with Crippen LogP contribution < -0.4 is 9.80 Å². The molecular weight excluding hydrogens is 395 g/mol. The predicted octanol–water partition coefficient (Wildman–Crippen LogP) is 2.73. The molecule has 4 heterocycles. The molecule has 7 nitrogen and oxygen atoms in total. The van der Waals surface area contributed by atoms with E-state index < -0.39 is 0 Å². The van der Waals surface area contributed by atoms with E-state index in [1.54, 1.807) is 36.8 Å². The van der Waals surface area contributed by atoms with E-state index in [1.165, 1.54) is 6.07 Å². The van der Waals surface area contributed by atoms with Crippen LogP contribution >= 0.6 is 0 Å². The zero-order chi connectivity index (χ0) is 21.2. The van der Waals surface area contributed by atoms with Crippen LogP contribution in [0.1, 0.15) is 12.8 Å². The molecular formula is C23H25FN6O. The Balaban J connectivity index is 1.20. The van der Waals surface area contributed by atoms with Crippen LogP contribution in [-0.4, -0.2) is 65.0 Å². The Morgan fingerprint density at radius 2 is 1.61 bits per heavy atom. The van der Waals surface area contributed by atoms with Crippen LogP contribution in [-0.2, 0) is 4.79 Å². The topological polar surface area (TPSA) is 65.5 Å². The number of fused-ring (bicyclic) bond motifs is 1. The largest absolute Gasteiger partial charge is 0.371 e. The number of hydrogen-bond donors (Lipinski definition) is 0. The second-order valence-corrected chi connectivity index (χ2v) is 8.11. The zero-order valence-corrected chi connectivity index (χ0v) is 17.3. The van der Waals surface area contributed by atoms with E-state index in [-0.39, 0.29) is 17.6 Å². The molecule has 160 valence electrons. The van der Waals surface area contributed by atoms with Gasteiger partial charge in [0.15, 0.2) is 0 Å². The summed E-state index contributed by atoms with van der Waals surface area (Å²) in [6, 6.07) is 8.44. The summed E-state index contributed by atoms with van der Waals surface area (Å²) < 4.78 is 13.8. The predicted molar refractivity (Wildman–Crippen MR) is 117 cm³/mol. The number of piperidine rings is 1. The van der Waals surface area contributed by atoms with Gasteiger partial charge >= 0.3 is 0 Å². The van der Waals surface area contributed by atoms with Crippen molar-refractivity contribution in [3.8, 4) is 0 Å². The van der Waals surface area contributed by atoms with Crippen molar-refractivity contribution in [2.24, 2.45) is 5.92 Å². The van der Waals surface area contributed by atoms with Gasteiger partial charge in [0.25, 0.3) is 0 Å². The zero-order valence-electron chi connectivity index (χ0n) is 17.3. The molecule has 3 aromatic rings. The fourth-order valence-electron chi connectivity index (χ4n) is 4.59. The lowest BCUT2D eigenvalue weighted by Gasteiger charge is -2.39. The van der Waals surface area contributed by atoms with Crippen LogP contribution in [0, 0.1) is 11.7 Å². The van der Waals surface area contributed by atoms with E-state index in [4.69, 9.17) is 0 Å². The molecule has 2 fully saturated rings. The first-order valence-electron chi connectivity index (χ1n) is 10.8. The highest BCUT2D eigenvalue weighted by molar-refractivity contribution is 5.91. The molecule has 0 radical (unpaired) electrons. The number of amides is 1. The van der Waals surface area contributed by atoms with Gasteiger partial charge in [0.05, 0.1) is 5.52 Å². The van der Waals surface area contributed by atoms with E-state index in [0.29, 0.717) is 13.1 Å². The van der Waals surface area contributed by atoms with Crippen LogP contribution in [0.5, 0.6) is 0 Å². The number of hydrogen-bond acceptors (Lipinski definition) is 6. The van der Waals surface area contributed by atoms with Crippen LogP contribution in [0.25, 0.3) is 10.9 Å². The molecule has 2 aliphatic heterocycles. The molecule has 1 aromatic carbocycles.